The number of nitriles is 1. The highest BCUT2D eigenvalue weighted by molar-refractivity contribution is 7.99. The van der Waals surface area contributed by atoms with Gasteiger partial charge in [-0.2, -0.15) is 5.26 Å². The number of pyridine rings is 1. The molecule has 0 spiro atoms. The third-order valence-electron chi connectivity index (χ3n) is 3.86. The molecule has 1 aromatic heterocycles. The van der Waals surface area contributed by atoms with Crippen LogP contribution in [0, 0.1) is 11.3 Å². The van der Waals surface area contributed by atoms with E-state index >= 15 is 0 Å². The Labute approximate surface area is 141 Å². The van der Waals surface area contributed by atoms with E-state index in [0.717, 1.165) is 27.7 Å². The fraction of sp³-hybridized carbons (Fsp3) is 0.263. The maximum absolute atomic E-state index is 9.32. The topological polar surface area (TPSA) is 45.9 Å². The molecule has 0 radical (unpaired) electrons. The fourth-order valence-electron chi connectivity index (χ4n) is 2.61. The number of ether oxygens (including phenoxy) is 1. The summed E-state index contributed by atoms with van der Waals surface area (Å²) in [4.78, 5) is 4.54. The van der Waals surface area contributed by atoms with Crippen LogP contribution in [0.2, 0.25) is 0 Å². The number of rotatable bonds is 6. The first kappa shape index (κ1) is 15.6. The van der Waals surface area contributed by atoms with Crippen molar-refractivity contribution in [2.45, 2.75) is 23.8 Å². The van der Waals surface area contributed by atoms with Crippen LogP contribution in [0.4, 0.5) is 0 Å². The molecule has 1 aliphatic carbocycles. The third kappa shape index (κ3) is 3.40. The minimum Gasteiger partial charge on any atom is -0.497 e. The molecular weight excluding hydrogens is 304 g/mol. The van der Waals surface area contributed by atoms with Crippen LogP contribution in [0.25, 0.3) is 11.1 Å². The Kier molecular flexibility index (Phi) is 4.68. The van der Waals surface area contributed by atoms with E-state index < -0.39 is 0 Å². The summed E-state index contributed by atoms with van der Waals surface area (Å²) in [5.41, 5.74) is 3.97. The molecule has 1 fully saturated rings. The molecule has 1 saturated carbocycles. The van der Waals surface area contributed by atoms with Crippen LogP contribution in [-0.2, 0) is 0 Å². The predicted octanol–water partition coefficient (Wildman–Crippen LogP) is 4.78. The quantitative estimate of drug-likeness (QED) is 0.567. The minimum absolute atomic E-state index is 0.465. The van der Waals surface area contributed by atoms with Crippen molar-refractivity contribution in [3.05, 3.63) is 54.2 Å². The van der Waals surface area contributed by atoms with E-state index in [2.05, 4.69) is 17.6 Å². The van der Waals surface area contributed by atoms with Gasteiger partial charge in [-0.3, -0.25) is 0 Å². The van der Waals surface area contributed by atoms with E-state index in [-0.39, 0.29) is 0 Å². The highest BCUT2D eigenvalue weighted by Crippen LogP contribution is 2.48. The molecule has 3 nitrogen and oxygen atoms in total. The number of thioether (sulfide) groups is 1. The Bertz CT molecular complexity index is 758. The molecule has 0 N–H and O–H groups in total. The van der Waals surface area contributed by atoms with Gasteiger partial charge in [0.1, 0.15) is 22.5 Å². The number of aromatic nitrogens is 1. The van der Waals surface area contributed by atoms with Crippen LogP contribution in [0.5, 0.6) is 5.75 Å². The summed E-state index contributed by atoms with van der Waals surface area (Å²) in [6.45, 7) is 3.78. The van der Waals surface area contributed by atoms with E-state index in [0.29, 0.717) is 11.6 Å². The second-order valence-electron chi connectivity index (χ2n) is 5.49. The number of nitrogens with zero attached hydrogens (tertiary/aromatic N) is 2. The first-order valence-corrected chi connectivity index (χ1v) is 8.58. The monoisotopic (exact) mass is 322 g/mol. The molecule has 4 heteroatoms. The maximum Gasteiger partial charge on any atom is 0.142 e. The molecular formula is C19H18N2OS. The van der Waals surface area contributed by atoms with Gasteiger partial charge in [-0.05, 0) is 53.6 Å². The molecule has 23 heavy (non-hydrogen) atoms. The standard InChI is InChI=1S/C19H18N2OS/c1-3-10-23-19-18(14-4-5-14)17(11-15(12-20)21-19)13-6-8-16(22-2)9-7-13/h3,6-9,11,14H,1,4-5,10H2,2H3. The summed E-state index contributed by atoms with van der Waals surface area (Å²) in [6.07, 6.45) is 4.26. The summed E-state index contributed by atoms with van der Waals surface area (Å²) < 4.78 is 5.24. The van der Waals surface area contributed by atoms with Crippen LogP contribution in [0.1, 0.15) is 30.0 Å². The van der Waals surface area contributed by atoms with E-state index in [1.807, 2.05) is 36.4 Å². The Morgan fingerprint density at radius 2 is 2.13 bits per heavy atom. The second-order valence-corrected chi connectivity index (χ2v) is 6.50. The zero-order valence-electron chi connectivity index (χ0n) is 13.1. The maximum atomic E-state index is 9.32. The Hall–Kier alpha value is -2.25. The Balaban J connectivity index is 2.12. The largest absolute Gasteiger partial charge is 0.497 e. The fourth-order valence-corrected chi connectivity index (χ4v) is 3.48. The molecule has 0 amide bonds. The van der Waals surface area contributed by atoms with Gasteiger partial charge in [0, 0.05) is 5.75 Å². The summed E-state index contributed by atoms with van der Waals surface area (Å²) in [6, 6.07) is 12.1. The van der Waals surface area contributed by atoms with E-state index in [1.54, 1.807) is 18.9 Å². The van der Waals surface area contributed by atoms with Crippen LogP contribution in [0.15, 0.2) is 48.0 Å². The van der Waals surface area contributed by atoms with Crippen molar-refractivity contribution in [3.63, 3.8) is 0 Å². The molecule has 0 unspecified atom stereocenters. The smallest absolute Gasteiger partial charge is 0.142 e. The molecule has 0 atom stereocenters. The highest BCUT2D eigenvalue weighted by Gasteiger charge is 2.30. The molecule has 1 aliphatic rings. The number of methoxy groups -OCH3 is 1. The molecule has 2 aromatic rings. The summed E-state index contributed by atoms with van der Waals surface area (Å²) >= 11 is 1.66. The lowest BCUT2D eigenvalue weighted by molar-refractivity contribution is 0.415. The van der Waals surface area contributed by atoms with Crippen LogP contribution >= 0.6 is 11.8 Å². The van der Waals surface area contributed by atoms with E-state index in [1.165, 1.54) is 18.4 Å². The Morgan fingerprint density at radius 1 is 1.39 bits per heavy atom. The lowest BCUT2D eigenvalue weighted by Gasteiger charge is -2.14. The number of hydrogen-bond acceptors (Lipinski definition) is 4. The zero-order chi connectivity index (χ0) is 16.2. The van der Waals surface area contributed by atoms with Gasteiger partial charge < -0.3 is 4.74 Å². The molecule has 0 aliphatic heterocycles. The molecule has 0 bridgehead atoms. The second kappa shape index (κ2) is 6.89. The van der Waals surface area contributed by atoms with Gasteiger partial charge in [0.25, 0.3) is 0 Å². The van der Waals surface area contributed by atoms with Gasteiger partial charge >= 0.3 is 0 Å². The number of hydrogen-bond donors (Lipinski definition) is 0. The lowest BCUT2D eigenvalue weighted by atomic mass is 9.97. The van der Waals surface area contributed by atoms with Crippen molar-refractivity contribution in [1.82, 2.24) is 4.98 Å². The first-order valence-electron chi connectivity index (χ1n) is 7.60. The summed E-state index contributed by atoms with van der Waals surface area (Å²) in [5, 5.41) is 10.3. The lowest BCUT2D eigenvalue weighted by Crippen LogP contribution is -1.98. The highest BCUT2D eigenvalue weighted by atomic mass is 32.2. The van der Waals surface area contributed by atoms with Gasteiger partial charge in [-0.1, -0.05) is 18.2 Å². The molecule has 3 rings (SSSR count). The van der Waals surface area contributed by atoms with Crippen LogP contribution < -0.4 is 4.74 Å². The number of benzene rings is 1. The van der Waals surface area contributed by atoms with E-state index in [9.17, 15) is 5.26 Å². The van der Waals surface area contributed by atoms with E-state index in [4.69, 9.17) is 4.74 Å². The molecule has 1 aromatic carbocycles. The summed E-state index contributed by atoms with van der Waals surface area (Å²) in [5.74, 6) is 2.18. The normalized spacial score (nSPS) is 13.4. The van der Waals surface area contributed by atoms with Gasteiger partial charge in [-0.15, -0.1) is 18.3 Å². The SMILES string of the molecule is C=CCSc1nc(C#N)cc(-c2ccc(OC)cc2)c1C1CC1. The average Bonchev–Trinajstić information content (AvgIpc) is 3.44. The molecule has 1 heterocycles. The van der Waals surface area contributed by atoms with Crippen molar-refractivity contribution < 1.29 is 4.74 Å². The third-order valence-corrected chi connectivity index (χ3v) is 4.85. The molecule has 0 saturated heterocycles. The zero-order valence-corrected chi connectivity index (χ0v) is 13.9. The van der Waals surface area contributed by atoms with Gasteiger partial charge in [0.2, 0.25) is 0 Å². The van der Waals surface area contributed by atoms with Crippen LogP contribution in [0.3, 0.4) is 0 Å². The van der Waals surface area contributed by atoms with Crippen molar-refractivity contribution in [1.29, 1.82) is 5.26 Å². The predicted molar refractivity (Wildman–Crippen MR) is 93.8 cm³/mol. The summed E-state index contributed by atoms with van der Waals surface area (Å²) in [7, 11) is 1.66. The van der Waals surface area contributed by atoms with Gasteiger partial charge in [0.05, 0.1) is 7.11 Å². The van der Waals surface area contributed by atoms with Crippen molar-refractivity contribution in [2.75, 3.05) is 12.9 Å². The average molecular weight is 322 g/mol. The van der Waals surface area contributed by atoms with Crippen molar-refractivity contribution >= 4 is 11.8 Å². The van der Waals surface area contributed by atoms with Crippen molar-refractivity contribution in [3.8, 4) is 22.9 Å². The van der Waals surface area contributed by atoms with Crippen LogP contribution in [-0.4, -0.2) is 17.8 Å². The van der Waals surface area contributed by atoms with Gasteiger partial charge in [-0.25, -0.2) is 4.98 Å². The van der Waals surface area contributed by atoms with Gasteiger partial charge in [0.15, 0.2) is 0 Å². The minimum atomic E-state index is 0.465. The molecule has 116 valence electrons. The Morgan fingerprint density at radius 3 is 2.70 bits per heavy atom. The van der Waals surface area contributed by atoms with Crippen molar-refractivity contribution in [2.24, 2.45) is 0 Å². The first-order chi connectivity index (χ1) is 11.3.